The molecule has 0 spiro atoms. The number of para-hydroxylation sites is 1. The number of halogens is 1. The Hall–Kier alpha value is -2.33. The van der Waals surface area contributed by atoms with Crippen molar-refractivity contribution in [3.8, 4) is 11.4 Å². The van der Waals surface area contributed by atoms with Crippen LogP contribution >= 0.6 is 11.6 Å². The van der Waals surface area contributed by atoms with Crippen LogP contribution in [0.2, 0.25) is 0 Å². The molecule has 4 nitrogen and oxygen atoms in total. The monoisotopic (exact) mass is 286 g/mol. The molecule has 0 amide bonds. The van der Waals surface area contributed by atoms with Crippen LogP contribution in [-0.4, -0.2) is 4.57 Å². The molecule has 2 aromatic heterocycles. The molecule has 0 unspecified atom stereocenters. The zero-order chi connectivity index (χ0) is 14.1. The Labute approximate surface area is 120 Å². The fourth-order valence-electron chi connectivity index (χ4n) is 2.23. The van der Waals surface area contributed by atoms with Gasteiger partial charge in [0.2, 0.25) is 0 Å². The molecule has 0 bridgehead atoms. The lowest BCUT2D eigenvalue weighted by atomic mass is 10.3. The number of alkyl halides is 1. The predicted octanol–water partition coefficient (Wildman–Crippen LogP) is 1.39. The molecule has 1 aromatic carbocycles. The summed E-state index contributed by atoms with van der Waals surface area (Å²) in [6.45, 7) is 0. The lowest BCUT2D eigenvalue weighted by molar-refractivity contribution is -0.530. The first-order valence-electron chi connectivity index (χ1n) is 6.10. The topological polar surface area (TPSA) is 49.2 Å². The maximum absolute atomic E-state index is 12.3. The lowest BCUT2D eigenvalue weighted by Gasteiger charge is -2.12. The molecule has 5 heteroatoms. The van der Waals surface area contributed by atoms with E-state index >= 15 is 0 Å². The van der Waals surface area contributed by atoms with E-state index in [9.17, 15) is 9.90 Å². The van der Waals surface area contributed by atoms with E-state index < -0.39 is 11.3 Å². The van der Waals surface area contributed by atoms with Crippen molar-refractivity contribution in [2.24, 2.45) is 0 Å². The summed E-state index contributed by atoms with van der Waals surface area (Å²) in [5, 5.41) is 12.2. The van der Waals surface area contributed by atoms with Crippen LogP contribution in [0.4, 0.5) is 0 Å². The van der Waals surface area contributed by atoms with Gasteiger partial charge in [0.15, 0.2) is 0 Å². The van der Waals surface area contributed by atoms with Gasteiger partial charge in [0.05, 0.1) is 12.1 Å². The molecular formula is C15H11ClN2O2. The Kier molecular flexibility index (Phi) is 3.16. The smallest absolute Gasteiger partial charge is 0.335 e. The third-order valence-electron chi connectivity index (χ3n) is 3.16. The summed E-state index contributed by atoms with van der Waals surface area (Å²) in [7, 11) is 0. The number of aromatic nitrogens is 2. The van der Waals surface area contributed by atoms with Gasteiger partial charge in [0.25, 0.3) is 5.65 Å². The number of pyridine rings is 1. The van der Waals surface area contributed by atoms with Crippen molar-refractivity contribution in [3.05, 3.63) is 70.8 Å². The SMILES string of the molecule is O=c1c([O-])c(CCl)[n+]2ccccc2n1-c1ccccc1. The van der Waals surface area contributed by atoms with Crippen LogP contribution < -0.4 is 15.1 Å². The van der Waals surface area contributed by atoms with Crippen molar-refractivity contribution in [1.82, 2.24) is 4.57 Å². The third-order valence-corrected chi connectivity index (χ3v) is 3.41. The molecule has 100 valence electrons. The predicted molar refractivity (Wildman–Crippen MR) is 74.2 cm³/mol. The van der Waals surface area contributed by atoms with Crippen molar-refractivity contribution in [2.45, 2.75) is 5.88 Å². The number of rotatable bonds is 2. The Balaban J connectivity index is 2.50. The highest BCUT2D eigenvalue weighted by Crippen LogP contribution is 2.13. The van der Waals surface area contributed by atoms with Gasteiger partial charge in [-0.25, -0.2) is 9.20 Å². The van der Waals surface area contributed by atoms with Crippen LogP contribution in [0, 0.1) is 0 Å². The van der Waals surface area contributed by atoms with Crippen LogP contribution in [0.1, 0.15) is 5.69 Å². The molecule has 20 heavy (non-hydrogen) atoms. The van der Waals surface area contributed by atoms with Gasteiger partial charge in [0, 0.05) is 11.8 Å². The van der Waals surface area contributed by atoms with Gasteiger partial charge >= 0.3 is 5.56 Å². The quantitative estimate of drug-likeness (QED) is 0.528. The molecule has 0 aliphatic rings. The van der Waals surface area contributed by atoms with E-state index in [-0.39, 0.29) is 11.6 Å². The molecule has 0 aliphatic carbocycles. The maximum Gasteiger partial charge on any atom is 0.335 e. The Morgan fingerprint density at radius 1 is 1.10 bits per heavy atom. The number of fused-ring (bicyclic) bond motifs is 1. The fourth-order valence-corrected chi connectivity index (χ4v) is 2.48. The Morgan fingerprint density at radius 2 is 1.80 bits per heavy atom. The Morgan fingerprint density at radius 3 is 2.50 bits per heavy atom. The van der Waals surface area contributed by atoms with Crippen LogP contribution in [0.15, 0.2) is 59.5 Å². The summed E-state index contributed by atoms with van der Waals surface area (Å²) in [6, 6.07) is 14.5. The van der Waals surface area contributed by atoms with Gasteiger partial charge in [0.1, 0.15) is 11.4 Å². The van der Waals surface area contributed by atoms with E-state index in [1.54, 1.807) is 34.9 Å². The highest BCUT2D eigenvalue weighted by atomic mass is 35.5. The van der Waals surface area contributed by atoms with E-state index in [0.717, 1.165) is 0 Å². The van der Waals surface area contributed by atoms with Crippen molar-refractivity contribution < 1.29 is 9.51 Å². The summed E-state index contributed by atoms with van der Waals surface area (Å²) < 4.78 is 3.06. The van der Waals surface area contributed by atoms with Gasteiger partial charge < -0.3 is 5.11 Å². The molecule has 0 atom stereocenters. The maximum atomic E-state index is 12.3. The lowest BCUT2D eigenvalue weighted by Crippen LogP contribution is -2.38. The molecule has 0 saturated carbocycles. The van der Waals surface area contributed by atoms with Gasteiger partial charge in [-0.05, 0) is 18.2 Å². The van der Waals surface area contributed by atoms with E-state index in [1.165, 1.54) is 4.57 Å². The van der Waals surface area contributed by atoms with Crippen LogP contribution in [0.25, 0.3) is 11.3 Å². The molecule has 0 fully saturated rings. The summed E-state index contributed by atoms with van der Waals surface area (Å²) >= 11 is 5.81. The third kappa shape index (κ3) is 1.85. The minimum absolute atomic E-state index is 0.00508. The summed E-state index contributed by atoms with van der Waals surface area (Å²) in [4.78, 5) is 12.3. The van der Waals surface area contributed by atoms with E-state index in [2.05, 4.69) is 0 Å². The first kappa shape index (κ1) is 12.7. The second-order valence-electron chi connectivity index (χ2n) is 4.31. The average Bonchev–Trinajstić information content (AvgIpc) is 2.50. The molecule has 0 N–H and O–H groups in total. The van der Waals surface area contributed by atoms with Crippen molar-refractivity contribution in [1.29, 1.82) is 0 Å². The van der Waals surface area contributed by atoms with Crippen LogP contribution in [0.3, 0.4) is 0 Å². The second kappa shape index (κ2) is 4.98. The number of hydrogen-bond donors (Lipinski definition) is 0. The first-order chi connectivity index (χ1) is 9.74. The molecular weight excluding hydrogens is 276 g/mol. The molecule has 3 rings (SSSR count). The zero-order valence-electron chi connectivity index (χ0n) is 10.5. The molecule has 0 radical (unpaired) electrons. The first-order valence-corrected chi connectivity index (χ1v) is 6.64. The van der Waals surface area contributed by atoms with E-state index in [4.69, 9.17) is 11.6 Å². The number of benzene rings is 1. The highest BCUT2D eigenvalue weighted by molar-refractivity contribution is 6.16. The molecule has 0 saturated heterocycles. The van der Waals surface area contributed by atoms with Gasteiger partial charge in [-0.3, -0.25) is 0 Å². The van der Waals surface area contributed by atoms with Crippen molar-refractivity contribution >= 4 is 17.2 Å². The Bertz CT molecular complexity index is 828. The normalized spacial score (nSPS) is 10.8. The van der Waals surface area contributed by atoms with Gasteiger partial charge in [-0.2, -0.15) is 4.57 Å². The van der Waals surface area contributed by atoms with Crippen molar-refractivity contribution in [2.75, 3.05) is 0 Å². The van der Waals surface area contributed by atoms with Gasteiger partial charge in [-0.15, -0.1) is 11.6 Å². The van der Waals surface area contributed by atoms with E-state index in [0.29, 0.717) is 11.3 Å². The number of hydrogen-bond acceptors (Lipinski definition) is 2. The van der Waals surface area contributed by atoms with Crippen molar-refractivity contribution in [3.63, 3.8) is 0 Å². The molecule has 3 aromatic rings. The fraction of sp³-hybridized carbons (Fsp3) is 0.0667. The largest absolute Gasteiger partial charge is 0.864 e. The summed E-state index contributed by atoms with van der Waals surface area (Å²) in [6.07, 6.45) is 1.73. The van der Waals surface area contributed by atoms with E-state index in [1.807, 2.05) is 24.3 Å². The average molecular weight is 287 g/mol. The minimum atomic E-state index is -0.585. The summed E-state index contributed by atoms with van der Waals surface area (Å²) in [5.41, 5.74) is 0.955. The second-order valence-corrected chi connectivity index (χ2v) is 4.58. The zero-order valence-corrected chi connectivity index (χ0v) is 11.2. The molecule has 0 aliphatic heterocycles. The number of nitrogens with zero attached hydrogens (tertiary/aromatic N) is 2. The minimum Gasteiger partial charge on any atom is -0.864 e. The van der Waals surface area contributed by atoms with Gasteiger partial charge in [-0.1, -0.05) is 24.3 Å². The summed E-state index contributed by atoms with van der Waals surface area (Å²) in [5.74, 6) is -0.581. The van der Waals surface area contributed by atoms with Crippen LogP contribution in [-0.2, 0) is 5.88 Å². The highest BCUT2D eigenvalue weighted by Gasteiger charge is 2.18. The standard InChI is InChI=1S/C15H11ClN2O2/c16-10-12-14(19)15(20)18(11-6-2-1-3-7-11)13-8-4-5-9-17(12)13/h1-9H,10H2. The molecule has 2 heterocycles. The van der Waals surface area contributed by atoms with Crippen LogP contribution in [0.5, 0.6) is 5.75 Å².